The summed E-state index contributed by atoms with van der Waals surface area (Å²) in [5.74, 6) is 0. The topological polar surface area (TPSA) is 45.8 Å². The minimum Gasteiger partial charge on any atom is -0.321 e. The fraction of sp³-hybridized carbons (Fsp3) is 0. The highest BCUT2D eigenvalue weighted by Gasteiger charge is 2.17. The zero-order valence-electron chi connectivity index (χ0n) is 15.2. The highest BCUT2D eigenvalue weighted by molar-refractivity contribution is 7.99. The standard InChI is InChI=1S/C24H15ClN2OS/c25-17-11-12-19-18(14-17)21(15-6-2-1-3-7-15)23(24(28)27-19)29-20-10-4-8-16-9-5-13-26-22(16)20/h1-14H,(H,27,28). The first-order valence-electron chi connectivity index (χ1n) is 9.13. The smallest absolute Gasteiger partial charge is 0.263 e. The van der Waals surface area contributed by atoms with E-state index in [0.29, 0.717) is 9.92 Å². The zero-order valence-corrected chi connectivity index (χ0v) is 16.8. The van der Waals surface area contributed by atoms with Crippen molar-refractivity contribution >= 4 is 45.2 Å². The Labute approximate surface area is 176 Å². The lowest BCUT2D eigenvalue weighted by atomic mass is 10.0. The van der Waals surface area contributed by atoms with E-state index in [1.165, 1.54) is 11.8 Å². The number of H-pyrrole nitrogens is 1. The summed E-state index contributed by atoms with van der Waals surface area (Å²) >= 11 is 7.74. The van der Waals surface area contributed by atoms with E-state index in [1.54, 1.807) is 12.3 Å². The van der Waals surface area contributed by atoms with Crippen molar-refractivity contribution in [2.75, 3.05) is 0 Å². The number of aromatic amines is 1. The van der Waals surface area contributed by atoms with Crippen LogP contribution in [-0.2, 0) is 0 Å². The van der Waals surface area contributed by atoms with E-state index in [4.69, 9.17) is 11.6 Å². The van der Waals surface area contributed by atoms with Crippen molar-refractivity contribution in [1.29, 1.82) is 0 Å². The van der Waals surface area contributed by atoms with E-state index in [2.05, 4.69) is 9.97 Å². The highest BCUT2D eigenvalue weighted by atomic mass is 35.5. The summed E-state index contributed by atoms with van der Waals surface area (Å²) in [6.45, 7) is 0. The van der Waals surface area contributed by atoms with Gasteiger partial charge in [-0.05, 0) is 35.9 Å². The van der Waals surface area contributed by atoms with Gasteiger partial charge in [0.05, 0.1) is 10.4 Å². The largest absolute Gasteiger partial charge is 0.321 e. The summed E-state index contributed by atoms with van der Waals surface area (Å²) in [6, 6.07) is 25.4. The molecule has 2 aromatic heterocycles. The molecule has 3 nitrogen and oxygen atoms in total. The summed E-state index contributed by atoms with van der Waals surface area (Å²) in [7, 11) is 0. The summed E-state index contributed by atoms with van der Waals surface area (Å²) in [6.07, 6.45) is 1.77. The van der Waals surface area contributed by atoms with E-state index in [0.717, 1.165) is 37.8 Å². The minimum absolute atomic E-state index is 0.128. The Morgan fingerprint density at radius 2 is 1.72 bits per heavy atom. The van der Waals surface area contributed by atoms with E-state index in [9.17, 15) is 4.79 Å². The van der Waals surface area contributed by atoms with E-state index in [-0.39, 0.29) is 5.56 Å². The molecule has 5 aromatic rings. The molecule has 0 aliphatic carbocycles. The molecule has 1 N–H and O–H groups in total. The van der Waals surface area contributed by atoms with Crippen LogP contribution in [0.2, 0.25) is 5.02 Å². The van der Waals surface area contributed by atoms with Crippen molar-refractivity contribution < 1.29 is 0 Å². The van der Waals surface area contributed by atoms with Gasteiger partial charge < -0.3 is 4.98 Å². The van der Waals surface area contributed by atoms with Crippen LogP contribution in [0.25, 0.3) is 32.9 Å². The normalized spacial score (nSPS) is 11.2. The summed E-state index contributed by atoms with van der Waals surface area (Å²) in [5.41, 5.74) is 3.37. The molecule has 29 heavy (non-hydrogen) atoms. The zero-order chi connectivity index (χ0) is 19.8. The number of aromatic nitrogens is 2. The Bertz CT molecular complexity index is 1410. The maximum Gasteiger partial charge on any atom is 0.263 e. The van der Waals surface area contributed by atoms with Gasteiger partial charge in [-0.1, -0.05) is 71.9 Å². The molecule has 0 spiro atoms. The lowest BCUT2D eigenvalue weighted by Crippen LogP contribution is -2.10. The number of benzene rings is 3. The summed E-state index contributed by atoms with van der Waals surface area (Å²) in [4.78, 5) is 22.2. The molecule has 0 radical (unpaired) electrons. The number of rotatable bonds is 3. The highest BCUT2D eigenvalue weighted by Crippen LogP contribution is 2.40. The third-order valence-electron chi connectivity index (χ3n) is 4.80. The SMILES string of the molecule is O=c1[nH]c2ccc(Cl)cc2c(-c2ccccc2)c1Sc1cccc2cccnc12. The quantitative estimate of drug-likeness (QED) is 0.364. The van der Waals surface area contributed by atoms with Crippen LogP contribution in [0.4, 0.5) is 0 Å². The number of halogens is 1. The first-order chi connectivity index (χ1) is 14.2. The van der Waals surface area contributed by atoms with Crippen LogP contribution in [0.3, 0.4) is 0 Å². The van der Waals surface area contributed by atoms with Crippen molar-refractivity contribution in [3.63, 3.8) is 0 Å². The van der Waals surface area contributed by atoms with Crippen molar-refractivity contribution in [2.24, 2.45) is 0 Å². The predicted octanol–water partition coefficient (Wildman–Crippen LogP) is 6.55. The minimum atomic E-state index is -0.128. The molecule has 5 heteroatoms. The van der Waals surface area contributed by atoms with E-state index >= 15 is 0 Å². The second kappa shape index (κ2) is 7.39. The van der Waals surface area contributed by atoms with Crippen LogP contribution in [-0.4, -0.2) is 9.97 Å². The van der Waals surface area contributed by atoms with Gasteiger partial charge in [-0.15, -0.1) is 0 Å². The number of nitrogens with one attached hydrogen (secondary N) is 1. The Balaban J connectivity index is 1.81. The van der Waals surface area contributed by atoms with Crippen molar-refractivity contribution in [3.8, 4) is 11.1 Å². The molecule has 0 saturated heterocycles. The van der Waals surface area contributed by atoms with Gasteiger partial charge in [0.15, 0.2) is 0 Å². The molecule has 0 amide bonds. The number of para-hydroxylation sites is 1. The Kier molecular flexibility index (Phi) is 4.58. The molecule has 0 fully saturated rings. The molecule has 0 saturated carbocycles. The lowest BCUT2D eigenvalue weighted by Gasteiger charge is -2.13. The monoisotopic (exact) mass is 414 g/mol. The number of pyridine rings is 2. The second-order valence-electron chi connectivity index (χ2n) is 6.65. The van der Waals surface area contributed by atoms with Crippen LogP contribution in [0, 0.1) is 0 Å². The van der Waals surface area contributed by atoms with Crippen LogP contribution in [0.5, 0.6) is 0 Å². The van der Waals surface area contributed by atoms with E-state index in [1.807, 2.05) is 72.8 Å². The molecule has 0 bridgehead atoms. The van der Waals surface area contributed by atoms with Crippen molar-refractivity contribution in [2.45, 2.75) is 9.79 Å². The molecular weight excluding hydrogens is 400 g/mol. The maximum absolute atomic E-state index is 13.1. The number of fused-ring (bicyclic) bond motifs is 2. The predicted molar refractivity (Wildman–Crippen MR) is 121 cm³/mol. The van der Waals surface area contributed by atoms with Crippen LogP contribution in [0.15, 0.2) is 99.6 Å². The van der Waals surface area contributed by atoms with Crippen molar-refractivity contribution in [1.82, 2.24) is 9.97 Å². The molecule has 0 unspecified atom stereocenters. The van der Waals surface area contributed by atoms with Crippen LogP contribution < -0.4 is 5.56 Å². The number of hydrogen-bond donors (Lipinski definition) is 1. The fourth-order valence-corrected chi connectivity index (χ4v) is 4.78. The molecule has 140 valence electrons. The van der Waals surface area contributed by atoms with Gasteiger partial charge in [0, 0.05) is 38.0 Å². The molecule has 0 atom stereocenters. The lowest BCUT2D eigenvalue weighted by molar-refractivity contribution is 1.20. The second-order valence-corrected chi connectivity index (χ2v) is 8.14. The molecular formula is C24H15ClN2OS. The van der Waals surface area contributed by atoms with Gasteiger partial charge in [0.25, 0.3) is 5.56 Å². The average molecular weight is 415 g/mol. The van der Waals surface area contributed by atoms with Gasteiger partial charge in [-0.25, -0.2) is 0 Å². The van der Waals surface area contributed by atoms with Gasteiger partial charge in [-0.2, -0.15) is 0 Å². The number of nitrogens with zero attached hydrogens (tertiary/aromatic N) is 1. The fourth-order valence-electron chi connectivity index (χ4n) is 3.50. The number of hydrogen-bond acceptors (Lipinski definition) is 3. The van der Waals surface area contributed by atoms with Gasteiger partial charge in [-0.3, -0.25) is 9.78 Å². The van der Waals surface area contributed by atoms with Gasteiger partial charge in [0.1, 0.15) is 0 Å². The van der Waals surface area contributed by atoms with Crippen LogP contribution >= 0.6 is 23.4 Å². The summed E-state index contributed by atoms with van der Waals surface area (Å²) < 4.78 is 0. The Morgan fingerprint density at radius 1 is 0.897 bits per heavy atom. The van der Waals surface area contributed by atoms with Crippen LogP contribution in [0.1, 0.15) is 0 Å². The molecule has 3 aromatic carbocycles. The summed E-state index contributed by atoms with van der Waals surface area (Å²) in [5, 5.41) is 2.59. The van der Waals surface area contributed by atoms with Gasteiger partial charge >= 0.3 is 0 Å². The first kappa shape index (κ1) is 18.0. The third-order valence-corrected chi connectivity index (χ3v) is 6.18. The van der Waals surface area contributed by atoms with Crippen molar-refractivity contribution in [3.05, 3.63) is 100 Å². The Hall–Kier alpha value is -3.08. The molecule has 0 aliphatic heterocycles. The third kappa shape index (κ3) is 3.31. The maximum atomic E-state index is 13.1. The van der Waals surface area contributed by atoms with E-state index < -0.39 is 0 Å². The van der Waals surface area contributed by atoms with Gasteiger partial charge in [0.2, 0.25) is 0 Å². The molecule has 2 heterocycles. The molecule has 5 rings (SSSR count). The molecule has 0 aliphatic rings. The first-order valence-corrected chi connectivity index (χ1v) is 10.3. The average Bonchev–Trinajstić information content (AvgIpc) is 2.75. The Morgan fingerprint density at radius 3 is 2.59 bits per heavy atom.